The Bertz CT molecular complexity index is 411. The Hall–Kier alpha value is -1.71. The van der Waals surface area contributed by atoms with Crippen LogP contribution < -0.4 is 10.5 Å². The summed E-state index contributed by atoms with van der Waals surface area (Å²) in [6.45, 7) is 6.98. The highest BCUT2D eigenvalue weighted by molar-refractivity contribution is 5.77. The number of hydrogen-bond donors (Lipinski definition) is 1. The standard InChI is InChI=1S/C14H22N2O2/c1-14(2,3)10-16(4)13(17)9-18-12-8-6-5-7-11(12)15/h5-8H,9-10,15H2,1-4H3. The Morgan fingerprint density at radius 1 is 1.33 bits per heavy atom. The van der Waals surface area contributed by atoms with E-state index in [-0.39, 0.29) is 17.9 Å². The lowest BCUT2D eigenvalue weighted by molar-refractivity contribution is -0.133. The van der Waals surface area contributed by atoms with Crippen LogP contribution in [0.2, 0.25) is 0 Å². The van der Waals surface area contributed by atoms with Gasteiger partial charge in [-0.05, 0) is 17.5 Å². The maximum Gasteiger partial charge on any atom is 0.260 e. The van der Waals surface area contributed by atoms with Crippen molar-refractivity contribution in [3.8, 4) is 5.75 Å². The minimum atomic E-state index is -0.0480. The van der Waals surface area contributed by atoms with Crippen LogP contribution >= 0.6 is 0 Å². The molecule has 0 aliphatic rings. The van der Waals surface area contributed by atoms with Gasteiger partial charge in [0.25, 0.3) is 5.91 Å². The van der Waals surface area contributed by atoms with Gasteiger partial charge in [-0.3, -0.25) is 4.79 Å². The van der Waals surface area contributed by atoms with E-state index in [2.05, 4.69) is 20.8 Å². The van der Waals surface area contributed by atoms with E-state index in [1.54, 1.807) is 24.1 Å². The number of para-hydroxylation sites is 2. The molecule has 0 fully saturated rings. The smallest absolute Gasteiger partial charge is 0.260 e. The Morgan fingerprint density at radius 3 is 2.50 bits per heavy atom. The number of nitrogen functional groups attached to an aromatic ring is 1. The summed E-state index contributed by atoms with van der Waals surface area (Å²) < 4.78 is 5.42. The predicted molar refractivity (Wildman–Crippen MR) is 73.4 cm³/mol. The molecule has 1 rings (SSSR count). The van der Waals surface area contributed by atoms with E-state index in [1.807, 2.05) is 12.1 Å². The van der Waals surface area contributed by atoms with Crippen LogP contribution in [0.1, 0.15) is 20.8 Å². The van der Waals surface area contributed by atoms with Crippen molar-refractivity contribution in [2.75, 3.05) is 25.9 Å². The van der Waals surface area contributed by atoms with E-state index in [4.69, 9.17) is 10.5 Å². The van der Waals surface area contributed by atoms with Crippen molar-refractivity contribution in [2.45, 2.75) is 20.8 Å². The fraction of sp³-hybridized carbons (Fsp3) is 0.500. The average Bonchev–Trinajstić information content (AvgIpc) is 2.25. The van der Waals surface area contributed by atoms with Gasteiger partial charge in [0.2, 0.25) is 0 Å². The van der Waals surface area contributed by atoms with Crippen LogP contribution in [0.25, 0.3) is 0 Å². The summed E-state index contributed by atoms with van der Waals surface area (Å²) in [5.41, 5.74) is 6.36. The summed E-state index contributed by atoms with van der Waals surface area (Å²) in [6, 6.07) is 7.16. The van der Waals surface area contributed by atoms with Crippen LogP contribution in [0.15, 0.2) is 24.3 Å². The lowest BCUT2D eigenvalue weighted by Gasteiger charge is -2.26. The van der Waals surface area contributed by atoms with Gasteiger partial charge >= 0.3 is 0 Å². The van der Waals surface area contributed by atoms with Crippen LogP contribution in [0.3, 0.4) is 0 Å². The number of amides is 1. The maximum atomic E-state index is 11.9. The van der Waals surface area contributed by atoms with E-state index < -0.39 is 0 Å². The number of nitrogens with two attached hydrogens (primary N) is 1. The first-order chi connectivity index (χ1) is 8.29. The minimum Gasteiger partial charge on any atom is -0.482 e. The summed E-state index contributed by atoms with van der Waals surface area (Å²) in [6.07, 6.45) is 0. The van der Waals surface area contributed by atoms with Crippen LogP contribution in [0.5, 0.6) is 5.75 Å². The molecule has 0 aliphatic heterocycles. The third-order valence-corrected chi connectivity index (χ3v) is 2.41. The molecule has 1 aromatic carbocycles. The van der Waals surface area contributed by atoms with Crippen molar-refractivity contribution in [3.63, 3.8) is 0 Å². The molecule has 1 aromatic rings. The van der Waals surface area contributed by atoms with Gasteiger partial charge in [-0.2, -0.15) is 0 Å². The third kappa shape index (κ3) is 4.65. The molecule has 0 aromatic heterocycles. The second-order valence-electron chi connectivity index (χ2n) is 5.64. The largest absolute Gasteiger partial charge is 0.482 e. The third-order valence-electron chi connectivity index (χ3n) is 2.41. The van der Waals surface area contributed by atoms with Crippen molar-refractivity contribution in [2.24, 2.45) is 5.41 Å². The van der Waals surface area contributed by atoms with Crippen molar-refractivity contribution < 1.29 is 9.53 Å². The predicted octanol–water partition coefficient (Wildman–Crippen LogP) is 2.15. The molecule has 0 atom stereocenters. The molecule has 0 spiro atoms. The molecule has 0 bridgehead atoms. The highest BCUT2D eigenvalue weighted by Crippen LogP contribution is 2.20. The normalized spacial score (nSPS) is 11.1. The Balaban J connectivity index is 2.49. The molecular weight excluding hydrogens is 228 g/mol. The molecule has 18 heavy (non-hydrogen) atoms. The molecule has 100 valence electrons. The Morgan fingerprint density at radius 2 is 1.94 bits per heavy atom. The van der Waals surface area contributed by atoms with Crippen molar-refractivity contribution >= 4 is 11.6 Å². The molecule has 0 radical (unpaired) electrons. The number of rotatable bonds is 4. The number of benzene rings is 1. The zero-order valence-corrected chi connectivity index (χ0v) is 11.6. The number of likely N-dealkylation sites (N-methyl/N-ethyl adjacent to an activating group) is 1. The van der Waals surface area contributed by atoms with E-state index in [1.165, 1.54) is 0 Å². The molecule has 0 aliphatic carbocycles. The molecular formula is C14H22N2O2. The number of nitrogens with zero attached hydrogens (tertiary/aromatic N) is 1. The number of hydrogen-bond acceptors (Lipinski definition) is 3. The monoisotopic (exact) mass is 250 g/mol. The average molecular weight is 250 g/mol. The lowest BCUT2D eigenvalue weighted by Crippen LogP contribution is -2.37. The molecule has 0 saturated heterocycles. The fourth-order valence-corrected chi connectivity index (χ4v) is 1.66. The minimum absolute atomic E-state index is 0.0147. The SMILES string of the molecule is CN(CC(C)(C)C)C(=O)COc1ccccc1N. The van der Waals surface area contributed by atoms with Crippen molar-refractivity contribution in [3.05, 3.63) is 24.3 Å². The summed E-state index contributed by atoms with van der Waals surface area (Å²) in [4.78, 5) is 13.5. The van der Waals surface area contributed by atoms with Gasteiger partial charge in [0.1, 0.15) is 5.75 Å². The topological polar surface area (TPSA) is 55.6 Å². The second kappa shape index (κ2) is 5.76. The number of anilines is 1. The van der Waals surface area contributed by atoms with Gasteiger partial charge in [-0.25, -0.2) is 0 Å². The van der Waals surface area contributed by atoms with Crippen molar-refractivity contribution in [1.82, 2.24) is 4.90 Å². The molecule has 2 N–H and O–H groups in total. The van der Waals surface area contributed by atoms with Gasteiger partial charge in [0, 0.05) is 13.6 Å². The van der Waals surface area contributed by atoms with E-state index >= 15 is 0 Å². The first kappa shape index (κ1) is 14.4. The highest BCUT2D eigenvalue weighted by Gasteiger charge is 2.18. The zero-order valence-electron chi connectivity index (χ0n) is 11.6. The number of carbonyl (C=O) groups excluding carboxylic acids is 1. The molecule has 0 unspecified atom stereocenters. The fourth-order valence-electron chi connectivity index (χ4n) is 1.66. The Kier molecular flexibility index (Phi) is 4.59. The molecule has 4 heteroatoms. The summed E-state index contributed by atoms with van der Waals surface area (Å²) in [7, 11) is 1.78. The summed E-state index contributed by atoms with van der Waals surface area (Å²) in [5.74, 6) is 0.503. The second-order valence-corrected chi connectivity index (χ2v) is 5.64. The van der Waals surface area contributed by atoms with Gasteiger partial charge < -0.3 is 15.4 Å². The molecule has 0 saturated carbocycles. The van der Waals surface area contributed by atoms with Gasteiger partial charge in [-0.1, -0.05) is 32.9 Å². The molecule has 4 nitrogen and oxygen atoms in total. The van der Waals surface area contributed by atoms with E-state index in [0.717, 1.165) is 0 Å². The lowest BCUT2D eigenvalue weighted by atomic mass is 9.96. The van der Waals surface area contributed by atoms with Gasteiger partial charge in [0.15, 0.2) is 6.61 Å². The van der Waals surface area contributed by atoms with Crippen LogP contribution in [-0.4, -0.2) is 31.0 Å². The number of ether oxygens (including phenoxy) is 1. The highest BCUT2D eigenvalue weighted by atomic mass is 16.5. The van der Waals surface area contributed by atoms with Crippen LogP contribution in [0, 0.1) is 5.41 Å². The first-order valence-electron chi connectivity index (χ1n) is 6.01. The molecule has 1 amide bonds. The summed E-state index contributed by atoms with van der Waals surface area (Å²) in [5, 5.41) is 0. The van der Waals surface area contributed by atoms with Crippen LogP contribution in [-0.2, 0) is 4.79 Å². The first-order valence-corrected chi connectivity index (χ1v) is 6.01. The van der Waals surface area contributed by atoms with Gasteiger partial charge in [0.05, 0.1) is 5.69 Å². The van der Waals surface area contributed by atoms with Crippen LogP contribution in [0.4, 0.5) is 5.69 Å². The molecule has 0 heterocycles. The quantitative estimate of drug-likeness (QED) is 0.833. The number of carbonyl (C=O) groups is 1. The summed E-state index contributed by atoms with van der Waals surface area (Å²) >= 11 is 0. The zero-order chi connectivity index (χ0) is 13.8. The van der Waals surface area contributed by atoms with Gasteiger partial charge in [-0.15, -0.1) is 0 Å². The Labute approximate surface area is 109 Å². The van der Waals surface area contributed by atoms with Crippen molar-refractivity contribution in [1.29, 1.82) is 0 Å². The maximum absolute atomic E-state index is 11.9. The van der Waals surface area contributed by atoms with E-state index in [0.29, 0.717) is 18.0 Å². The van der Waals surface area contributed by atoms with E-state index in [9.17, 15) is 4.79 Å².